The van der Waals surface area contributed by atoms with Crippen molar-refractivity contribution in [2.75, 3.05) is 6.79 Å². The van der Waals surface area contributed by atoms with E-state index in [1.54, 1.807) is 18.2 Å². The summed E-state index contributed by atoms with van der Waals surface area (Å²) in [5.41, 5.74) is 0.794. The van der Waals surface area contributed by atoms with E-state index in [1.165, 1.54) is 0 Å². The topological polar surface area (TPSA) is 110 Å². The second-order valence-electron chi connectivity index (χ2n) is 9.03. The Morgan fingerprint density at radius 2 is 1.81 bits per heavy atom. The van der Waals surface area contributed by atoms with Gasteiger partial charge in [0.2, 0.25) is 18.6 Å². The van der Waals surface area contributed by atoms with E-state index in [0.29, 0.717) is 42.9 Å². The number of carbonyl (C=O) groups excluding carboxylic acids is 2. The van der Waals surface area contributed by atoms with Gasteiger partial charge in [0.1, 0.15) is 17.1 Å². The average molecular weight is 508 g/mol. The molecule has 5 rings (SSSR count). The SMILES string of the molecule is O=C(NC1CCC(C(=O)N(O)Cc2ccccc2)CC1)c1cc(F)cnc1Oc1ccc2c(c1)OCO2. The predicted octanol–water partition coefficient (Wildman–Crippen LogP) is 4.45. The van der Waals surface area contributed by atoms with Gasteiger partial charge in [0.25, 0.3) is 5.91 Å². The zero-order valence-electron chi connectivity index (χ0n) is 19.9. The lowest BCUT2D eigenvalue weighted by Crippen LogP contribution is -2.41. The first kappa shape index (κ1) is 24.5. The molecule has 0 atom stereocenters. The zero-order chi connectivity index (χ0) is 25.8. The van der Waals surface area contributed by atoms with Gasteiger partial charge in [0.15, 0.2) is 11.5 Å². The number of aromatic nitrogens is 1. The van der Waals surface area contributed by atoms with Crippen LogP contribution in [0.25, 0.3) is 0 Å². The number of nitrogens with zero attached hydrogens (tertiary/aromatic N) is 2. The van der Waals surface area contributed by atoms with E-state index >= 15 is 0 Å². The van der Waals surface area contributed by atoms with Crippen molar-refractivity contribution in [2.24, 2.45) is 5.92 Å². The maximum atomic E-state index is 14.0. The Hall–Kier alpha value is -4.18. The molecule has 2 amide bonds. The summed E-state index contributed by atoms with van der Waals surface area (Å²) >= 11 is 0. The highest BCUT2D eigenvalue weighted by Gasteiger charge is 2.30. The molecule has 1 fully saturated rings. The van der Waals surface area contributed by atoms with Crippen LogP contribution in [0, 0.1) is 11.7 Å². The Bertz CT molecular complexity index is 1280. The van der Waals surface area contributed by atoms with Crippen molar-refractivity contribution < 1.29 is 33.4 Å². The van der Waals surface area contributed by atoms with E-state index in [9.17, 15) is 19.2 Å². The normalized spacial score (nSPS) is 18.2. The number of hydrogen-bond acceptors (Lipinski definition) is 7. The third-order valence-corrected chi connectivity index (χ3v) is 6.46. The Labute approximate surface area is 212 Å². The molecule has 1 saturated carbocycles. The largest absolute Gasteiger partial charge is 0.454 e. The molecule has 1 aliphatic carbocycles. The highest BCUT2D eigenvalue weighted by molar-refractivity contribution is 5.96. The van der Waals surface area contributed by atoms with Gasteiger partial charge in [-0.15, -0.1) is 0 Å². The summed E-state index contributed by atoms with van der Waals surface area (Å²) < 4.78 is 30.4. The van der Waals surface area contributed by atoms with Gasteiger partial charge in [-0.25, -0.2) is 14.4 Å². The van der Waals surface area contributed by atoms with Crippen LogP contribution in [0.5, 0.6) is 23.1 Å². The first-order chi connectivity index (χ1) is 18.0. The third kappa shape index (κ3) is 5.80. The van der Waals surface area contributed by atoms with Gasteiger partial charge >= 0.3 is 0 Å². The molecule has 2 heterocycles. The summed E-state index contributed by atoms with van der Waals surface area (Å²) in [7, 11) is 0. The van der Waals surface area contributed by atoms with Gasteiger partial charge in [-0.2, -0.15) is 0 Å². The number of pyridine rings is 1. The fraction of sp³-hybridized carbons (Fsp3) is 0.296. The van der Waals surface area contributed by atoms with Crippen LogP contribution in [0.4, 0.5) is 4.39 Å². The molecule has 37 heavy (non-hydrogen) atoms. The highest BCUT2D eigenvalue weighted by atomic mass is 19.1. The molecule has 3 aromatic rings. The van der Waals surface area contributed by atoms with Gasteiger partial charge in [-0.1, -0.05) is 30.3 Å². The van der Waals surface area contributed by atoms with Crippen molar-refractivity contribution in [1.82, 2.24) is 15.4 Å². The van der Waals surface area contributed by atoms with E-state index in [-0.39, 0.29) is 42.6 Å². The Morgan fingerprint density at radius 3 is 2.59 bits per heavy atom. The summed E-state index contributed by atoms with van der Waals surface area (Å²) in [5.74, 6) is -0.453. The van der Waals surface area contributed by atoms with E-state index in [4.69, 9.17) is 14.2 Å². The van der Waals surface area contributed by atoms with E-state index < -0.39 is 11.7 Å². The van der Waals surface area contributed by atoms with Gasteiger partial charge in [-0.05, 0) is 49.4 Å². The number of fused-ring (bicyclic) bond motifs is 1. The van der Waals surface area contributed by atoms with E-state index in [2.05, 4.69) is 10.3 Å². The molecule has 9 nitrogen and oxygen atoms in total. The monoisotopic (exact) mass is 507 g/mol. The molecule has 1 aliphatic heterocycles. The maximum absolute atomic E-state index is 14.0. The molecule has 0 spiro atoms. The minimum atomic E-state index is -0.668. The lowest BCUT2D eigenvalue weighted by molar-refractivity contribution is -0.174. The zero-order valence-corrected chi connectivity index (χ0v) is 19.9. The summed E-state index contributed by atoms with van der Waals surface area (Å²) in [5, 5.41) is 13.9. The van der Waals surface area contributed by atoms with Crippen LogP contribution in [-0.4, -0.2) is 39.9 Å². The fourth-order valence-corrected chi connectivity index (χ4v) is 4.52. The van der Waals surface area contributed by atoms with Crippen LogP contribution >= 0.6 is 0 Å². The Kier molecular flexibility index (Phi) is 7.18. The molecule has 0 bridgehead atoms. The van der Waals surface area contributed by atoms with E-state index in [0.717, 1.165) is 22.9 Å². The number of hydroxylamine groups is 2. The molecule has 0 unspecified atom stereocenters. The lowest BCUT2D eigenvalue weighted by atomic mass is 9.85. The first-order valence-corrected chi connectivity index (χ1v) is 12.0. The average Bonchev–Trinajstić information content (AvgIpc) is 3.38. The number of halogens is 1. The summed E-state index contributed by atoms with van der Waals surface area (Å²) in [6, 6.07) is 15.0. The molecule has 0 radical (unpaired) electrons. The second-order valence-corrected chi connectivity index (χ2v) is 9.03. The number of rotatable bonds is 7. The predicted molar refractivity (Wildman–Crippen MR) is 129 cm³/mol. The molecule has 0 saturated heterocycles. The van der Waals surface area contributed by atoms with Crippen molar-refractivity contribution >= 4 is 11.8 Å². The molecular weight excluding hydrogens is 481 g/mol. The van der Waals surface area contributed by atoms with Crippen molar-refractivity contribution in [1.29, 1.82) is 0 Å². The van der Waals surface area contributed by atoms with Gasteiger partial charge in [-0.3, -0.25) is 14.8 Å². The van der Waals surface area contributed by atoms with Crippen molar-refractivity contribution in [2.45, 2.75) is 38.3 Å². The molecule has 10 heteroatoms. The molecule has 2 N–H and O–H groups in total. The third-order valence-electron chi connectivity index (χ3n) is 6.46. The number of benzene rings is 2. The standard InChI is InChI=1S/C27H26FN3O6/c28-19-12-22(26(29-14-19)37-21-10-11-23-24(13-21)36-16-35-23)25(32)30-20-8-6-18(7-9-20)27(33)31(34)15-17-4-2-1-3-5-17/h1-5,10-14,18,20,34H,6-9,15-16H2,(H,30,32). The summed E-state index contributed by atoms with van der Waals surface area (Å²) in [6.45, 7) is 0.230. The minimum absolute atomic E-state index is 0.0414. The smallest absolute Gasteiger partial charge is 0.257 e. The maximum Gasteiger partial charge on any atom is 0.257 e. The van der Waals surface area contributed by atoms with Crippen LogP contribution in [0.2, 0.25) is 0 Å². The molecule has 2 aliphatic rings. The van der Waals surface area contributed by atoms with Crippen molar-refractivity contribution in [3.8, 4) is 23.1 Å². The minimum Gasteiger partial charge on any atom is -0.454 e. The van der Waals surface area contributed by atoms with Crippen molar-refractivity contribution in [3.05, 3.63) is 77.7 Å². The van der Waals surface area contributed by atoms with Crippen LogP contribution in [-0.2, 0) is 11.3 Å². The Balaban J connectivity index is 1.18. The van der Waals surface area contributed by atoms with Crippen LogP contribution in [0.1, 0.15) is 41.6 Å². The quantitative estimate of drug-likeness (QED) is 0.359. The van der Waals surface area contributed by atoms with Crippen LogP contribution in [0.15, 0.2) is 60.8 Å². The fourth-order valence-electron chi connectivity index (χ4n) is 4.52. The van der Waals surface area contributed by atoms with Crippen LogP contribution in [0.3, 0.4) is 0 Å². The number of ether oxygens (including phenoxy) is 3. The molecule has 2 aromatic carbocycles. The number of hydrogen-bond donors (Lipinski definition) is 2. The second kappa shape index (κ2) is 10.8. The van der Waals surface area contributed by atoms with Gasteiger partial charge < -0.3 is 19.5 Å². The summed E-state index contributed by atoms with van der Waals surface area (Å²) in [4.78, 5) is 29.7. The highest BCUT2D eigenvalue weighted by Crippen LogP contribution is 2.37. The number of nitrogens with one attached hydrogen (secondary N) is 1. The van der Waals surface area contributed by atoms with Crippen LogP contribution < -0.4 is 19.5 Å². The lowest BCUT2D eigenvalue weighted by Gasteiger charge is -2.30. The number of amides is 2. The molecule has 1 aromatic heterocycles. The molecule has 192 valence electrons. The Morgan fingerprint density at radius 1 is 1.05 bits per heavy atom. The number of carbonyl (C=O) groups is 2. The van der Waals surface area contributed by atoms with Crippen molar-refractivity contribution in [3.63, 3.8) is 0 Å². The van der Waals surface area contributed by atoms with E-state index in [1.807, 2.05) is 30.3 Å². The molecular formula is C27H26FN3O6. The first-order valence-electron chi connectivity index (χ1n) is 12.0. The van der Waals surface area contributed by atoms with Gasteiger partial charge in [0, 0.05) is 18.0 Å². The van der Waals surface area contributed by atoms with Gasteiger partial charge in [0.05, 0.1) is 12.7 Å². The summed E-state index contributed by atoms with van der Waals surface area (Å²) in [6.07, 6.45) is 3.09.